The lowest BCUT2D eigenvalue weighted by molar-refractivity contribution is -0.397. The highest BCUT2D eigenvalue weighted by Gasteiger charge is 2.68. The Balaban J connectivity index is 0.982. The SMILES string of the molecule is CC1O[C@@H](OC2[C@H](OC3CC[C@@]4(C)C(=CC[C@H]5[C@@H]6CC7OC(O)(CC[C@@H](C)CO)[C@@H](C)[C@@H]7[C@@]6(C)CC[C@@H]54)C3)OC(CO)[C@@H](O[C@@H]3OC(O)[C@H](O)[C@H](O)C3O)[C@@H]2O)C(O)[C@@H](O)[C@H]1O. The first-order valence-electron chi connectivity index (χ1n) is 22.9. The fourth-order valence-electron chi connectivity index (χ4n) is 13.3. The molecule has 11 N–H and O–H groups in total. The van der Waals surface area contributed by atoms with E-state index in [0.717, 1.165) is 32.1 Å². The smallest absolute Gasteiger partial charge is 0.189 e. The Kier molecular flexibility index (Phi) is 13.7. The first-order chi connectivity index (χ1) is 29.3. The molecule has 62 heavy (non-hydrogen) atoms. The molecule has 356 valence electrons. The van der Waals surface area contributed by atoms with Gasteiger partial charge in [-0.1, -0.05) is 39.3 Å². The lowest BCUT2D eigenvalue weighted by atomic mass is 9.47. The molecular formula is C44H72O18. The van der Waals surface area contributed by atoms with Gasteiger partial charge in [0.05, 0.1) is 24.9 Å². The number of ether oxygens (including phenoxy) is 7. The van der Waals surface area contributed by atoms with E-state index in [0.29, 0.717) is 43.4 Å². The topological polar surface area (TPSA) is 287 Å². The second-order valence-corrected chi connectivity index (χ2v) is 20.6. The zero-order valence-corrected chi connectivity index (χ0v) is 36.4. The molecule has 18 nitrogen and oxygen atoms in total. The molecule has 0 spiro atoms. The number of hydrogen-bond donors (Lipinski definition) is 11. The van der Waals surface area contributed by atoms with Crippen LogP contribution in [0, 0.1) is 46.3 Å². The van der Waals surface area contributed by atoms with Crippen molar-refractivity contribution in [1.82, 2.24) is 0 Å². The van der Waals surface area contributed by atoms with Gasteiger partial charge in [0.15, 0.2) is 30.9 Å². The van der Waals surface area contributed by atoms with Crippen LogP contribution in [-0.2, 0) is 33.2 Å². The maximum atomic E-state index is 11.9. The highest BCUT2D eigenvalue weighted by Crippen LogP contribution is 2.70. The molecule has 8 rings (SSSR count). The molecular weight excluding hydrogens is 816 g/mol. The molecule has 3 saturated carbocycles. The molecule has 0 radical (unpaired) electrons. The lowest BCUT2D eigenvalue weighted by Gasteiger charge is -2.58. The zero-order valence-electron chi connectivity index (χ0n) is 36.4. The van der Waals surface area contributed by atoms with Gasteiger partial charge in [-0.3, -0.25) is 0 Å². The molecule has 0 amide bonds. The van der Waals surface area contributed by atoms with Crippen LogP contribution in [-0.4, -0.2) is 180 Å². The summed E-state index contributed by atoms with van der Waals surface area (Å²) in [5.41, 5.74) is 1.21. The van der Waals surface area contributed by atoms with Gasteiger partial charge in [-0.25, -0.2) is 0 Å². The van der Waals surface area contributed by atoms with E-state index in [1.165, 1.54) is 12.5 Å². The van der Waals surface area contributed by atoms with E-state index in [2.05, 4.69) is 26.8 Å². The summed E-state index contributed by atoms with van der Waals surface area (Å²) in [6.45, 7) is 9.75. The summed E-state index contributed by atoms with van der Waals surface area (Å²) in [5.74, 6) is 0.486. The van der Waals surface area contributed by atoms with E-state index >= 15 is 0 Å². The summed E-state index contributed by atoms with van der Waals surface area (Å²) in [4.78, 5) is 0. The highest BCUT2D eigenvalue weighted by molar-refractivity contribution is 5.26. The third-order valence-electron chi connectivity index (χ3n) is 17.1. The van der Waals surface area contributed by atoms with Crippen LogP contribution in [0.15, 0.2) is 11.6 Å². The molecule has 7 fully saturated rings. The predicted octanol–water partition coefficient (Wildman–Crippen LogP) is -0.874. The van der Waals surface area contributed by atoms with Gasteiger partial charge < -0.3 is 89.3 Å². The quantitative estimate of drug-likeness (QED) is 0.112. The average Bonchev–Trinajstić information content (AvgIpc) is 3.68. The van der Waals surface area contributed by atoms with Crippen molar-refractivity contribution >= 4 is 0 Å². The van der Waals surface area contributed by atoms with Crippen molar-refractivity contribution in [3.63, 3.8) is 0 Å². The van der Waals surface area contributed by atoms with Gasteiger partial charge >= 0.3 is 0 Å². The molecule has 18 heteroatoms. The summed E-state index contributed by atoms with van der Waals surface area (Å²) in [6.07, 6.45) is -15.3. The fourth-order valence-corrected chi connectivity index (χ4v) is 13.3. The van der Waals surface area contributed by atoms with Crippen molar-refractivity contribution in [2.75, 3.05) is 13.2 Å². The second kappa shape index (κ2) is 17.9. The summed E-state index contributed by atoms with van der Waals surface area (Å²) in [5, 5.41) is 117. The van der Waals surface area contributed by atoms with Gasteiger partial charge in [-0.05, 0) is 98.7 Å². The van der Waals surface area contributed by atoms with Gasteiger partial charge in [-0.15, -0.1) is 0 Å². The number of rotatable bonds is 11. The van der Waals surface area contributed by atoms with E-state index in [9.17, 15) is 56.2 Å². The van der Waals surface area contributed by atoms with Crippen LogP contribution in [0.3, 0.4) is 0 Å². The second-order valence-electron chi connectivity index (χ2n) is 20.6. The molecule has 0 bridgehead atoms. The van der Waals surface area contributed by atoms with E-state index in [4.69, 9.17) is 33.2 Å². The van der Waals surface area contributed by atoms with Gasteiger partial charge in [0.2, 0.25) is 0 Å². The maximum Gasteiger partial charge on any atom is 0.189 e. The average molecular weight is 889 g/mol. The van der Waals surface area contributed by atoms with Crippen molar-refractivity contribution < 1.29 is 89.3 Å². The fraction of sp³-hybridized carbons (Fsp3) is 0.955. The minimum Gasteiger partial charge on any atom is -0.396 e. The Labute approximate surface area is 362 Å². The monoisotopic (exact) mass is 888 g/mol. The maximum absolute atomic E-state index is 11.9. The number of hydrogen-bond acceptors (Lipinski definition) is 18. The molecule has 4 aliphatic carbocycles. The lowest BCUT2D eigenvalue weighted by Crippen LogP contribution is -2.66. The van der Waals surface area contributed by atoms with Crippen LogP contribution in [0.2, 0.25) is 0 Å². The van der Waals surface area contributed by atoms with Gasteiger partial charge in [0, 0.05) is 18.9 Å². The van der Waals surface area contributed by atoms with Crippen LogP contribution in [0.4, 0.5) is 0 Å². The first kappa shape index (κ1) is 47.5. The molecule has 4 aliphatic heterocycles. The number of aliphatic hydroxyl groups is 11. The van der Waals surface area contributed by atoms with Crippen molar-refractivity contribution in [2.45, 2.75) is 203 Å². The summed E-state index contributed by atoms with van der Waals surface area (Å²) in [7, 11) is 0. The molecule has 0 aromatic rings. The van der Waals surface area contributed by atoms with Crippen molar-refractivity contribution in [1.29, 1.82) is 0 Å². The summed E-state index contributed by atoms with van der Waals surface area (Å²) < 4.78 is 42.3. The minimum atomic E-state index is -1.95. The molecule has 0 aromatic heterocycles. The third-order valence-corrected chi connectivity index (χ3v) is 17.1. The van der Waals surface area contributed by atoms with Crippen molar-refractivity contribution in [3.05, 3.63) is 11.6 Å². The minimum absolute atomic E-state index is 0.00716. The number of fused-ring (bicyclic) bond motifs is 7. The van der Waals surface area contributed by atoms with Gasteiger partial charge in [0.1, 0.15) is 61.0 Å². The molecule has 4 saturated heterocycles. The molecule has 26 atom stereocenters. The van der Waals surface area contributed by atoms with Crippen LogP contribution in [0.5, 0.6) is 0 Å². The Hall–Kier alpha value is -0.980. The number of aliphatic hydroxyl groups excluding tert-OH is 10. The van der Waals surface area contributed by atoms with Crippen LogP contribution in [0.25, 0.3) is 0 Å². The largest absolute Gasteiger partial charge is 0.396 e. The standard InChI is InChI=1S/C44H72O18/c1-18(16-45)8-13-44(55)19(2)28-26(62-44)15-25-23-7-6-21-14-22(9-11-42(21,4)24(23)10-12-43(25,28)5)57-41-37(60-39-33(51)30(48)29(47)20(3)56-39)35(53)36(27(17-46)58-41)59-40-34(52)31(49)32(50)38(54)61-40/h6,18-20,22-41,45-55H,7-17H2,1-5H3/t18-,19+,20?,22?,23-,24+,25+,26?,27?,28+,29+,30+,31+,32-,33?,34?,35+,36-,37?,38?,39+,40-,41-,42+,43+,44?/m1/s1. The Bertz CT molecular complexity index is 1590. The van der Waals surface area contributed by atoms with Crippen LogP contribution >= 0.6 is 0 Å². The van der Waals surface area contributed by atoms with Crippen LogP contribution in [0.1, 0.15) is 92.4 Å². The highest BCUT2D eigenvalue weighted by atomic mass is 16.8. The Morgan fingerprint density at radius 1 is 0.758 bits per heavy atom. The molecule has 0 aromatic carbocycles. The summed E-state index contributed by atoms with van der Waals surface area (Å²) in [6, 6.07) is 0. The zero-order chi connectivity index (χ0) is 44.8. The molecule has 4 heterocycles. The predicted molar refractivity (Wildman–Crippen MR) is 213 cm³/mol. The van der Waals surface area contributed by atoms with Crippen LogP contribution < -0.4 is 0 Å². The summed E-state index contributed by atoms with van der Waals surface area (Å²) >= 11 is 0. The first-order valence-corrected chi connectivity index (χ1v) is 22.9. The third kappa shape index (κ3) is 8.06. The van der Waals surface area contributed by atoms with E-state index in [-0.39, 0.29) is 41.3 Å². The van der Waals surface area contributed by atoms with E-state index in [1.807, 2.05) is 6.92 Å². The van der Waals surface area contributed by atoms with Gasteiger partial charge in [0.25, 0.3) is 0 Å². The Morgan fingerprint density at radius 2 is 1.44 bits per heavy atom. The normalized spacial score (nSPS) is 55.7. The molecule has 8 aliphatic rings. The van der Waals surface area contributed by atoms with Gasteiger partial charge in [-0.2, -0.15) is 0 Å². The van der Waals surface area contributed by atoms with E-state index < -0.39 is 111 Å². The van der Waals surface area contributed by atoms with Crippen molar-refractivity contribution in [3.8, 4) is 0 Å². The van der Waals surface area contributed by atoms with E-state index in [1.54, 1.807) is 0 Å². The number of allylic oxidation sites excluding steroid dienone is 1. The van der Waals surface area contributed by atoms with Crippen molar-refractivity contribution in [2.24, 2.45) is 46.3 Å². The Morgan fingerprint density at radius 3 is 2.13 bits per heavy atom. The molecule has 9 unspecified atom stereocenters.